The molecule has 0 N–H and O–H groups in total. The van der Waals surface area contributed by atoms with Crippen LogP contribution in [0.4, 0.5) is 0 Å². The summed E-state index contributed by atoms with van der Waals surface area (Å²) in [4.78, 5) is 0. The van der Waals surface area contributed by atoms with E-state index in [4.69, 9.17) is 9.05 Å². The molecule has 0 aliphatic carbocycles. The molecular formula is C13H23O2P. The van der Waals surface area contributed by atoms with Crippen LogP contribution in [0, 0.1) is 6.92 Å². The van der Waals surface area contributed by atoms with Crippen molar-refractivity contribution in [3.63, 3.8) is 0 Å². The summed E-state index contributed by atoms with van der Waals surface area (Å²) in [5.41, 5.74) is 1.25. The summed E-state index contributed by atoms with van der Waals surface area (Å²) in [5, 5.41) is 0. The molecule has 0 fully saturated rings. The second-order valence-electron chi connectivity index (χ2n) is 3.97. The van der Waals surface area contributed by atoms with Crippen LogP contribution in [0.15, 0.2) is 24.3 Å². The molecule has 92 valence electrons. The monoisotopic (exact) mass is 242 g/mol. The molecule has 0 aliphatic heterocycles. The van der Waals surface area contributed by atoms with Crippen molar-refractivity contribution in [3.05, 3.63) is 29.8 Å². The van der Waals surface area contributed by atoms with Crippen molar-refractivity contribution in [3.8, 4) is 5.75 Å². The molecule has 0 aromatic heterocycles. The molecular weight excluding hydrogens is 219 g/mol. The summed E-state index contributed by atoms with van der Waals surface area (Å²) in [6, 6.07) is 8.21. The zero-order chi connectivity index (χ0) is 12.0. The number of hydrogen-bond acceptors (Lipinski definition) is 2. The summed E-state index contributed by atoms with van der Waals surface area (Å²) in [5.74, 6) is 0.939. The van der Waals surface area contributed by atoms with E-state index in [2.05, 4.69) is 32.9 Å². The summed E-state index contributed by atoms with van der Waals surface area (Å²) < 4.78 is 12.0. The molecule has 1 aromatic rings. The van der Waals surface area contributed by atoms with Crippen LogP contribution >= 0.6 is 7.72 Å². The van der Waals surface area contributed by atoms with Gasteiger partial charge in [-0.05, 0) is 0 Å². The average molecular weight is 242 g/mol. The number of rotatable bonds is 6. The molecule has 1 rings (SSSR count). The minimum atomic E-state index is -2.00. The maximum atomic E-state index is 6.11. The van der Waals surface area contributed by atoms with Crippen molar-refractivity contribution in [2.24, 2.45) is 0 Å². The molecule has 0 aliphatic rings. The molecule has 3 heteroatoms. The minimum absolute atomic E-state index is 0.736. The Bertz CT molecular complexity index is 304. The van der Waals surface area contributed by atoms with Gasteiger partial charge in [-0.25, -0.2) is 0 Å². The van der Waals surface area contributed by atoms with E-state index in [1.165, 1.54) is 5.56 Å². The van der Waals surface area contributed by atoms with Crippen LogP contribution in [0.3, 0.4) is 0 Å². The first-order chi connectivity index (χ1) is 7.65. The molecule has 0 radical (unpaired) electrons. The Morgan fingerprint density at radius 3 is 2.00 bits per heavy atom. The Morgan fingerprint density at radius 1 is 1.00 bits per heavy atom. The zero-order valence-electron chi connectivity index (χ0n) is 10.7. The van der Waals surface area contributed by atoms with E-state index in [0.717, 1.165) is 24.7 Å². The molecule has 0 unspecified atom stereocenters. The molecule has 16 heavy (non-hydrogen) atoms. The van der Waals surface area contributed by atoms with Crippen LogP contribution in [0.5, 0.6) is 5.75 Å². The van der Waals surface area contributed by atoms with Gasteiger partial charge >= 0.3 is 99.0 Å². The second-order valence-corrected chi connectivity index (χ2v) is 7.69. The van der Waals surface area contributed by atoms with E-state index in [1.54, 1.807) is 0 Å². The van der Waals surface area contributed by atoms with Gasteiger partial charge in [0.05, 0.1) is 0 Å². The van der Waals surface area contributed by atoms with E-state index in [9.17, 15) is 0 Å². The fraction of sp³-hybridized carbons (Fsp3) is 0.538. The van der Waals surface area contributed by atoms with Crippen molar-refractivity contribution in [2.45, 2.75) is 27.7 Å². The predicted molar refractivity (Wildman–Crippen MR) is 72.8 cm³/mol. The molecule has 0 saturated carbocycles. The third kappa shape index (κ3) is 3.47. The van der Waals surface area contributed by atoms with Crippen molar-refractivity contribution in [2.75, 3.05) is 18.9 Å². The van der Waals surface area contributed by atoms with E-state index in [1.807, 2.05) is 19.1 Å². The molecule has 0 spiro atoms. The average Bonchev–Trinajstić information content (AvgIpc) is 2.31. The van der Waals surface area contributed by atoms with Gasteiger partial charge in [0, 0.05) is 0 Å². The van der Waals surface area contributed by atoms with Crippen molar-refractivity contribution in [1.29, 1.82) is 0 Å². The van der Waals surface area contributed by atoms with Crippen LogP contribution in [0.1, 0.15) is 26.3 Å². The van der Waals surface area contributed by atoms with E-state index < -0.39 is 7.72 Å². The normalized spacial score (nSPS) is 12.5. The van der Waals surface area contributed by atoms with Crippen LogP contribution in [-0.4, -0.2) is 18.9 Å². The Hall–Kier alpha value is -0.590. The first-order valence-corrected chi connectivity index (χ1v) is 8.28. The topological polar surface area (TPSA) is 18.5 Å². The van der Waals surface area contributed by atoms with Gasteiger partial charge in [-0.15, -0.1) is 0 Å². The van der Waals surface area contributed by atoms with Gasteiger partial charge in [0.2, 0.25) is 0 Å². The Kier molecular flexibility index (Phi) is 5.24. The number of aryl methyl sites for hydroxylation is 1. The van der Waals surface area contributed by atoms with Crippen molar-refractivity contribution in [1.82, 2.24) is 0 Å². The third-order valence-corrected chi connectivity index (χ3v) is 6.39. The molecule has 0 amide bonds. The van der Waals surface area contributed by atoms with Gasteiger partial charge in [-0.1, -0.05) is 0 Å². The summed E-state index contributed by atoms with van der Waals surface area (Å²) in [7, 11) is -2.00. The van der Waals surface area contributed by atoms with Crippen LogP contribution < -0.4 is 4.52 Å². The summed E-state index contributed by atoms with van der Waals surface area (Å²) in [6.07, 6.45) is 1.98. The Labute approximate surface area is 99.5 Å². The molecule has 0 saturated heterocycles. The van der Waals surface area contributed by atoms with Gasteiger partial charge in [-0.2, -0.15) is 0 Å². The molecule has 0 atom stereocenters. The maximum absolute atomic E-state index is 6.11. The number of hydrogen-bond donors (Lipinski definition) is 0. The van der Waals surface area contributed by atoms with Crippen LogP contribution in [0.25, 0.3) is 0 Å². The van der Waals surface area contributed by atoms with Crippen molar-refractivity contribution < 1.29 is 9.05 Å². The first kappa shape index (κ1) is 13.5. The van der Waals surface area contributed by atoms with Gasteiger partial charge in [0.25, 0.3) is 0 Å². The molecule has 0 heterocycles. The second kappa shape index (κ2) is 6.22. The Morgan fingerprint density at radius 2 is 1.56 bits per heavy atom. The third-order valence-electron chi connectivity index (χ3n) is 2.81. The Balaban J connectivity index is 2.78. The van der Waals surface area contributed by atoms with Gasteiger partial charge in [-0.3, -0.25) is 0 Å². The van der Waals surface area contributed by atoms with Crippen LogP contribution in [0.2, 0.25) is 0 Å². The first-order valence-electron chi connectivity index (χ1n) is 6.05. The molecule has 1 aromatic carbocycles. The fourth-order valence-electron chi connectivity index (χ4n) is 1.71. The van der Waals surface area contributed by atoms with Gasteiger partial charge in [0.15, 0.2) is 0 Å². The van der Waals surface area contributed by atoms with Gasteiger partial charge < -0.3 is 0 Å². The van der Waals surface area contributed by atoms with E-state index in [-0.39, 0.29) is 0 Å². The standard InChI is InChI=1S/C13H23O2P/c1-5-14-16(6-2,7-3)15-13-10-8-12(4)9-11-13/h8-11,16H,5-7H2,1-4H3. The van der Waals surface area contributed by atoms with E-state index in [0.29, 0.717) is 0 Å². The summed E-state index contributed by atoms with van der Waals surface area (Å²) >= 11 is 0. The van der Waals surface area contributed by atoms with Gasteiger partial charge in [0.1, 0.15) is 0 Å². The molecule has 2 nitrogen and oxygen atoms in total. The quantitative estimate of drug-likeness (QED) is 0.701. The summed E-state index contributed by atoms with van der Waals surface area (Å²) in [6.45, 7) is 9.15. The fourth-order valence-corrected chi connectivity index (χ4v) is 4.06. The van der Waals surface area contributed by atoms with Crippen LogP contribution in [-0.2, 0) is 4.52 Å². The number of benzene rings is 1. The SMILES string of the molecule is CCO[PH](CC)(CC)Oc1ccc(C)cc1. The molecule has 0 bridgehead atoms. The zero-order valence-corrected chi connectivity index (χ0v) is 11.7. The predicted octanol–water partition coefficient (Wildman–Crippen LogP) is 4.03. The van der Waals surface area contributed by atoms with Crippen molar-refractivity contribution >= 4 is 7.72 Å². The van der Waals surface area contributed by atoms with E-state index >= 15 is 0 Å².